The van der Waals surface area contributed by atoms with Gasteiger partial charge in [0.05, 0.1) is 0 Å². The summed E-state index contributed by atoms with van der Waals surface area (Å²) in [5.41, 5.74) is 1.05. The van der Waals surface area contributed by atoms with Crippen molar-refractivity contribution in [2.24, 2.45) is 0 Å². The van der Waals surface area contributed by atoms with E-state index in [2.05, 4.69) is 32.8 Å². The van der Waals surface area contributed by atoms with Crippen LogP contribution in [0.3, 0.4) is 0 Å². The molecule has 13 heavy (non-hydrogen) atoms. The number of aromatic nitrogens is 2. The summed E-state index contributed by atoms with van der Waals surface area (Å²) < 4.78 is 0. The first-order valence-corrected chi connectivity index (χ1v) is 5.71. The SMILES string of the molecule is C=[C-]CNc1ncc(C)cn1.[CH2]=[W]. The molecule has 1 N–H and O–H groups in total. The Morgan fingerprint density at radius 2 is 2.00 bits per heavy atom. The zero-order valence-corrected chi connectivity index (χ0v) is 10.5. The summed E-state index contributed by atoms with van der Waals surface area (Å²) in [7, 11) is 0. The monoisotopic (exact) mass is 346 g/mol. The van der Waals surface area contributed by atoms with Gasteiger partial charge in [0, 0.05) is 12.4 Å². The third-order valence-electron chi connectivity index (χ3n) is 1.15. The summed E-state index contributed by atoms with van der Waals surface area (Å²) in [6.07, 6.45) is 6.21. The molecule has 0 aliphatic heterocycles. The molecule has 0 radical (unpaired) electrons. The molecule has 4 heteroatoms. The Balaban J connectivity index is 0.000000671. The number of nitrogens with one attached hydrogen (secondary N) is 1. The standard InChI is InChI=1S/C8H10N3.CH2.W/c1-3-4-9-8-10-5-7(2)6-11-8;;/h5-6H,1,4H2,2H3,(H,9,10,11);1H2;/q-1;;. The van der Waals surface area contributed by atoms with Gasteiger partial charge < -0.3 is 11.4 Å². The van der Waals surface area contributed by atoms with Crippen molar-refractivity contribution < 1.29 is 19.4 Å². The molecule has 0 aliphatic carbocycles. The Morgan fingerprint density at radius 1 is 1.46 bits per heavy atom. The van der Waals surface area contributed by atoms with Gasteiger partial charge in [-0.2, -0.15) is 0 Å². The number of nitrogens with zero attached hydrogens (tertiary/aromatic N) is 2. The van der Waals surface area contributed by atoms with Gasteiger partial charge in [-0.1, -0.05) is 0 Å². The number of hydrogen-bond acceptors (Lipinski definition) is 3. The fourth-order valence-electron chi connectivity index (χ4n) is 0.625. The molecule has 0 fully saturated rings. The van der Waals surface area contributed by atoms with E-state index < -0.39 is 0 Å². The van der Waals surface area contributed by atoms with E-state index in [1.807, 2.05) is 6.92 Å². The van der Waals surface area contributed by atoms with Crippen LogP contribution >= 0.6 is 0 Å². The van der Waals surface area contributed by atoms with Crippen molar-refractivity contribution in [3.05, 3.63) is 30.6 Å². The van der Waals surface area contributed by atoms with Crippen LogP contribution in [-0.2, 0) is 19.4 Å². The van der Waals surface area contributed by atoms with Crippen LogP contribution < -0.4 is 5.32 Å². The minimum atomic E-state index is 0.572. The molecule has 0 unspecified atom stereocenters. The third-order valence-corrected chi connectivity index (χ3v) is 1.15. The summed E-state index contributed by atoms with van der Waals surface area (Å²) in [5.74, 6) is 0.617. The Hall–Kier alpha value is -0.822. The Morgan fingerprint density at radius 3 is 2.46 bits per heavy atom. The van der Waals surface area contributed by atoms with Crippen molar-refractivity contribution in [3.8, 4) is 0 Å². The molecule has 0 aliphatic rings. The normalized spacial score (nSPS) is 8.08. The predicted molar refractivity (Wildman–Crippen MR) is 51.2 cm³/mol. The molecule has 0 atom stereocenters. The van der Waals surface area contributed by atoms with Crippen molar-refractivity contribution in [3.63, 3.8) is 0 Å². The number of hydrogen-bond donors (Lipinski definition) is 1. The van der Waals surface area contributed by atoms with Gasteiger partial charge in [0.2, 0.25) is 5.95 Å². The van der Waals surface area contributed by atoms with Gasteiger partial charge in [-0.3, -0.25) is 6.58 Å². The number of aryl methyl sites for hydroxylation is 1. The second-order valence-corrected chi connectivity index (χ2v) is 2.19. The third kappa shape index (κ3) is 5.42. The van der Waals surface area contributed by atoms with E-state index in [4.69, 9.17) is 0 Å². The summed E-state index contributed by atoms with van der Waals surface area (Å²) in [6, 6.07) is 0. The molecule has 0 aromatic carbocycles. The van der Waals surface area contributed by atoms with Crippen LogP contribution in [0.2, 0.25) is 0 Å². The first-order chi connectivity index (χ1) is 6.33. The Labute approximate surface area is 89.7 Å². The van der Waals surface area contributed by atoms with Gasteiger partial charge in [-0.25, -0.2) is 9.97 Å². The first kappa shape index (κ1) is 12.2. The van der Waals surface area contributed by atoms with Gasteiger partial charge in [0.1, 0.15) is 0 Å². The number of anilines is 1. The zero-order valence-electron chi connectivity index (χ0n) is 7.58. The Bertz CT molecular complexity index is 246. The second kappa shape index (κ2) is 7.81. The molecule has 0 bridgehead atoms. The molecule has 3 nitrogen and oxygen atoms in total. The fourth-order valence-corrected chi connectivity index (χ4v) is 0.625. The van der Waals surface area contributed by atoms with Crippen LogP contribution in [0, 0.1) is 13.0 Å². The molecule has 0 saturated carbocycles. The van der Waals surface area contributed by atoms with Crippen molar-refractivity contribution in [2.75, 3.05) is 11.9 Å². The molecule has 0 spiro atoms. The molecule has 1 aromatic rings. The van der Waals surface area contributed by atoms with E-state index in [0.29, 0.717) is 12.5 Å². The van der Waals surface area contributed by atoms with E-state index in [0.717, 1.165) is 5.56 Å². The van der Waals surface area contributed by atoms with Crippen LogP contribution in [0.25, 0.3) is 0 Å². The molecule has 1 aromatic heterocycles. The first-order valence-electron chi connectivity index (χ1n) is 3.64. The molecule has 1 rings (SSSR count). The topological polar surface area (TPSA) is 37.8 Å². The van der Waals surface area contributed by atoms with Crippen LogP contribution in [-0.4, -0.2) is 21.4 Å². The zero-order chi connectivity index (χ0) is 10.1. The van der Waals surface area contributed by atoms with E-state index in [-0.39, 0.29) is 0 Å². The second-order valence-electron chi connectivity index (χ2n) is 2.19. The molecular weight excluding hydrogens is 334 g/mol. The maximum absolute atomic E-state index is 4.03. The van der Waals surface area contributed by atoms with Crippen LogP contribution in [0.1, 0.15) is 5.56 Å². The molecule has 70 valence electrons. The van der Waals surface area contributed by atoms with E-state index in [1.54, 1.807) is 12.4 Å². The average Bonchev–Trinajstić information content (AvgIpc) is 2.20. The van der Waals surface area contributed by atoms with Gasteiger partial charge in [0.25, 0.3) is 0 Å². The molecule has 0 saturated heterocycles. The molecule has 1 heterocycles. The summed E-state index contributed by atoms with van der Waals surface area (Å²) in [6.45, 7) is 5.97. The quantitative estimate of drug-likeness (QED) is 0.835. The van der Waals surface area contributed by atoms with Crippen LogP contribution in [0.5, 0.6) is 0 Å². The maximum atomic E-state index is 4.03. The van der Waals surface area contributed by atoms with Gasteiger partial charge in [0.15, 0.2) is 0 Å². The van der Waals surface area contributed by atoms with Crippen molar-refractivity contribution in [2.45, 2.75) is 6.92 Å². The van der Waals surface area contributed by atoms with E-state index in [9.17, 15) is 0 Å². The summed E-state index contributed by atoms with van der Waals surface area (Å²) in [5, 5.41) is 2.93. The van der Waals surface area contributed by atoms with Crippen molar-refractivity contribution in [1.82, 2.24) is 9.97 Å². The summed E-state index contributed by atoms with van der Waals surface area (Å²) in [4.78, 5) is 11.4. The van der Waals surface area contributed by atoms with Gasteiger partial charge >= 0.3 is 24.3 Å². The predicted octanol–water partition coefficient (Wildman–Crippen LogP) is 1.15. The molecule has 0 amide bonds. The van der Waals surface area contributed by atoms with Crippen LogP contribution in [0.15, 0.2) is 19.0 Å². The van der Waals surface area contributed by atoms with Gasteiger partial charge in [-0.15, -0.1) is 6.54 Å². The van der Waals surface area contributed by atoms with Crippen molar-refractivity contribution >= 4 is 10.9 Å². The minimum absolute atomic E-state index is 0.572. The summed E-state index contributed by atoms with van der Waals surface area (Å²) >= 11 is 1.33. The van der Waals surface area contributed by atoms with E-state index in [1.165, 1.54) is 19.4 Å². The van der Waals surface area contributed by atoms with E-state index >= 15 is 0 Å². The number of rotatable bonds is 3. The average molecular weight is 346 g/mol. The van der Waals surface area contributed by atoms with Crippen LogP contribution in [0.4, 0.5) is 5.95 Å². The van der Waals surface area contributed by atoms with Crippen molar-refractivity contribution in [1.29, 1.82) is 0 Å². The fraction of sp³-hybridized carbons (Fsp3) is 0.222. The van der Waals surface area contributed by atoms with Gasteiger partial charge in [-0.05, 0) is 12.5 Å². The Kier molecular flexibility index (Phi) is 7.31. The molecular formula is C9H12N3W-.